The van der Waals surface area contributed by atoms with Gasteiger partial charge in [0, 0.05) is 16.7 Å². The van der Waals surface area contributed by atoms with Gasteiger partial charge in [-0.15, -0.1) is 0 Å². The summed E-state index contributed by atoms with van der Waals surface area (Å²) < 4.78 is 5.24. The molecule has 0 aliphatic rings. The van der Waals surface area contributed by atoms with Gasteiger partial charge in [0.15, 0.2) is 5.82 Å². The average Bonchev–Trinajstić information content (AvgIpc) is 3.34. The van der Waals surface area contributed by atoms with Gasteiger partial charge >= 0.3 is 0 Å². The fraction of sp³-hybridized carbons (Fsp3) is 0.100. The second kappa shape index (κ2) is 7.25. The molecule has 0 fully saturated rings. The first kappa shape index (κ1) is 16.7. The third-order valence-electron chi connectivity index (χ3n) is 4.18. The Hall–Kier alpha value is -3.74. The maximum absolute atomic E-state index is 12.5. The molecule has 0 spiro atoms. The summed E-state index contributed by atoms with van der Waals surface area (Å²) in [6.07, 6.45) is 0. The van der Waals surface area contributed by atoms with Crippen LogP contribution in [0, 0.1) is 6.92 Å². The molecule has 2 N–H and O–H groups in total. The van der Waals surface area contributed by atoms with Gasteiger partial charge in [0.25, 0.3) is 11.8 Å². The molecular formula is C20H17N5O2. The van der Waals surface area contributed by atoms with Crippen LogP contribution < -0.4 is 5.32 Å². The smallest absolute Gasteiger partial charge is 0.269 e. The first-order chi connectivity index (χ1) is 13.2. The van der Waals surface area contributed by atoms with Crippen molar-refractivity contribution in [1.29, 1.82) is 0 Å². The first-order valence-corrected chi connectivity index (χ1v) is 8.49. The predicted molar refractivity (Wildman–Crippen MR) is 99.7 cm³/mol. The van der Waals surface area contributed by atoms with Crippen molar-refractivity contribution in [2.75, 3.05) is 0 Å². The summed E-state index contributed by atoms with van der Waals surface area (Å²) in [5, 5.41) is 13.8. The molecule has 4 rings (SSSR count). The highest BCUT2D eigenvalue weighted by molar-refractivity contribution is 5.95. The van der Waals surface area contributed by atoms with E-state index < -0.39 is 0 Å². The van der Waals surface area contributed by atoms with Crippen LogP contribution in [0.25, 0.3) is 22.7 Å². The van der Waals surface area contributed by atoms with Gasteiger partial charge in [-0.3, -0.25) is 9.89 Å². The van der Waals surface area contributed by atoms with Crippen LogP contribution in [-0.2, 0) is 6.54 Å². The molecule has 0 unspecified atom stereocenters. The molecule has 2 aromatic heterocycles. The number of nitrogens with one attached hydrogen (secondary N) is 2. The summed E-state index contributed by atoms with van der Waals surface area (Å²) in [6.45, 7) is 2.02. The Morgan fingerprint density at radius 1 is 1.04 bits per heavy atom. The van der Waals surface area contributed by atoms with Crippen LogP contribution in [0.4, 0.5) is 0 Å². The van der Waals surface area contributed by atoms with Gasteiger partial charge < -0.3 is 9.84 Å². The first-order valence-electron chi connectivity index (χ1n) is 8.49. The monoisotopic (exact) mass is 359 g/mol. The van der Waals surface area contributed by atoms with Crippen LogP contribution in [0.3, 0.4) is 0 Å². The van der Waals surface area contributed by atoms with E-state index in [0.717, 1.165) is 22.4 Å². The lowest BCUT2D eigenvalue weighted by atomic mass is 10.1. The van der Waals surface area contributed by atoms with E-state index in [4.69, 9.17) is 4.52 Å². The minimum Gasteiger partial charge on any atom is -0.343 e. The SMILES string of the molecule is Cc1c(-c2ccccc2)n[nH]c1C(=O)NCc1noc(-c2ccccc2)n1. The lowest BCUT2D eigenvalue weighted by molar-refractivity contribution is 0.0944. The molecule has 7 nitrogen and oxygen atoms in total. The summed E-state index contributed by atoms with van der Waals surface area (Å²) in [5.41, 5.74) is 3.75. The van der Waals surface area contributed by atoms with Crippen molar-refractivity contribution in [2.45, 2.75) is 13.5 Å². The fourth-order valence-electron chi connectivity index (χ4n) is 2.77. The fourth-order valence-corrected chi connectivity index (χ4v) is 2.77. The van der Waals surface area contributed by atoms with Crippen LogP contribution in [-0.4, -0.2) is 26.2 Å². The molecule has 134 valence electrons. The topological polar surface area (TPSA) is 96.7 Å². The molecule has 2 aromatic carbocycles. The molecule has 0 atom stereocenters. The second-order valence-corrected chi connectivity index (χ2v) is 6.00. The zero-order valence-corrected chi connectivity index (χ0v) is 14.6. The number of carbonyl (C=O) groups is 1. The van der Waals surface area contributed by atoms with Crippen LogP contribution >= 0.6 is 0 Å². The summed E-state index contributed by atoms with van der Waals surface area (Å²) in [5.74, 6) is 0.555. The van der Waals surface area contributed by atoms with Crippen molar-refractivity contribution in [3.8, 4) is 22.7 Å². The van der Waals surface area contributed by atoms with Gasteiger partial charge in [-0.2, -0.15) is 10.1 Å². The molecule has 1 amide bonds. The van der Waals surface area contributed by atoms with Gasteiger partial charge in [0.2, 0.25) is 0 Å². The van der Waals surface area contributed by atoms with Gasteiger partial charge in [0.05, 0.1) is 12.2 Å². The van der Waals surface area contributed by atoms with Crippen molar-refractivity contribution in [1.82, 2.24) is 25.7 Å². The minimum absolute atomic E-state index is 0.161. The Kier molecular flexibility index (Phi) is 4.49. The highest BCUT2D eigenvalue weighted by Crippen LogP contribution is 2.22. The molecule has 2 heterocycles. The molecule has 0 radical (unpaired) electrons. The Morgan fingerprint density at radius 2 is 1.70 bits per heavy atom. The molecule has 0 aliphatic heterocycles. The maximum Gasteiger partial charge on any atom is 0.269 e. The average molecular weight is 359 g/mol. The van der Waals surface area contributed by atoms with Crippen LogP contribution in [0.1, 0.15) is 21.9 Å². The Labute approximate surface area is 155 Å². The number of aromatic amines is 1. The number of hydrogen-bond donors (Lipinski definition) is 2. The minimum atomic E-state index is -0.270. The quantitative estimate of drug-likeness (QED) is 0.569. The Bertz CT molecular complexity index is 1050. The number of H-pyrrole nitrogens is 1. The van der Waals surface area contributed by atoms with Gasteiger partial charge in [-0.25, -0.2) is 0 Å². The van der Waals surface area contributed by atoms with E-state index in [9.17, 15) is 4.79 Å². The summed E-state index contributed by atoms with van der Waals surface area (Å²) >= 11 is 0. The van der Waals surface area contributed by atoms with Crippen molar-refractivity contribution in [2.24, 2.45) is 0 Å². The highest BCUT2D eigenvalue weighted by Gasteiger charge is 2.17. The van der Waals surface area contributed by atoms with Gasteiger partial charge in [0.1, 0.15) is 5.69 Å². The van der Waals surface area contributed by atoms with E-state index >= 15 is 0 Å². The third-order valence-corrected chi connectivity index (χ3v) is 4.18. The van der Waals surface area contributed by atoms with Gasteiger partial charge in [-0.05, 0) is 19.1 Å². The van der Waals surface area contributed by atoms with Gasteiger partial charge in [-0.1, -0.05) is 53.7 Å². The molecular weight excluding hydrogens is 342 g/mol. The van der Waals surface area contributed by atoms with Crippen molar-refractivity contribution in [3.05, 3.63) is 77.7 Å². The van der Waals surface area contributed by atoms with Crippen LogP contribution in [0.2, 0.25) is 0 Å². The number of nitrogens with zero attached hydrogens (tertiary/aromatic N) is 3. The lowest BCUT2D eigenvalue weighted by Gasteiger charge is -2.02. The number of carbonyl (C=O) groups excluding carboxylic acids is 1. The van der Waals surface area contributed by atoms with Crippen molar-refractivity contribution in [3.63, 3.8) is 0 Å². The molecule has 0 saturated carbocycles. The van der Waals surface area contributed by atoms with Crippen molar-refractivity contribution >= 4 is 5.91 Å². The maximum atomic E-state index is 12.5. The van der Waals surface area contributed by atoms with E-state index in [1.165, 1.54) is 0 Å². The van der Waals surface area contributed by atoms with E-state index in [0.29, 0.717) is 17.4 Å². The molecule has 27 heavy (non-hydrogen) atoms. The lowest BCUT2D eigenvalue weighted by Crippen LogP contribution is -2.24. The standard InChI is InChI=1S/C20H17N5O2/c1-13-17(14-8-4-2-5-9-14)23-24-18(13)19(26)21-12-16-22-20(27-25-16)15-10-6-3-7-11-15/h2-11H,12H2,1H3,(H,21,26)(H,23,24). The van der Waals surface area contributed by atoms with E-state index in [-0.39, 0.29) is 12.5 Å². The molecule has 0 bridgehead atoms. The molecule has 7 heteroatoms. The number of rotatable bonds is 5. The Morgan fingerprint density at radius 3 is 2.41 bits per heavy atom. The zero-order valence-electron chi connectivity index (χ0n) is 14.6. The molecule has 4 aromatic rings. The third kappa shape index (κ3) is 3.48. The zero-order chi connectivity index (χ0) is 18.6. The summed E-state index contributed by atoms with van der Waals surface area (Å²) in [7, 11) is 0. The highest BCUT2D eigenvalue weighted by atomic mass is 16.5. The summed E-state index contributed by atoms with van der Waals surface area (Å²) in [6, 6.07) is 19.2. The summed E-state index contributed by atoms with van der Waals surface area (Å²) in [4.78, 5) is 16.8. The molecule has 0 aliphatic carbocycles. The van der Waals surface area contributed by atoms with Crippen molar-refractivity contribution < 1.29 is 9.32 Å². The Balaban J connectivity index is 1.45. The van der Waals surface area contributed by atoms with E-state index in [1.54, 1.807) is 0 Å². The molecule has 0 saturated heterocycles. The van der Waals surface area contributed by atoms with Crippen LogP contribution in [0.5, 0.6) is 0 Å². The number of benzene rings is 2. The van der Waals surface area contributed by atoms with Crippen LogP contribution in [0.15, 0.2) is 65.2 Å². The predicted octanol–water partition coefficient (Wildman–Crippen LogP) is 3.37. The number of hydrogen-bond acceptors (Lipinski definition) is 5. The normalized spacial score (nSPS) is 10.7. The second-order valence-electron chi connectivity index (χ2n) is 6.00. The largest absolute Gasteiger partial charge is 0.343 e. The van der Waals surface area contributed by atoms with E-state index in [2.05, 4.69) is 25.7 Å². The number of amides is 1. The number of aromatic nitrogens is 4. The van der Waals surface area contributed by atoms with E-state index in [1.807, 2.05) is 67.6 Å².